The third-order valence-corrected chi connectivity index (χ3v) is 9.24. The Labute approximate surface area is 229 Å². The lowest BCUT2D eigenvalue weighted by molar-refractivity contribution is -0.144. The molecule has 6 rings (SSSR count). The maximum atomic E-state index is 13.1. The van der Waals surface area contributed by atoms with Gasteiger partial charge in [0.25, 0.3) is 5.91 Å². The number of likely N-dealkylation sites (tertiary alicyclic amines) is 1. The Morgan fingerprint density at radius 2 is 1.75 bits per heavy atom. The molecule has 2 saturated heterocycles. The van der Waals surface area contributed by atoms with Crippen LogP contribution in [0, 0.1) is 5.41 Å². The molecule has 3 aliphatic heterocycles. The summed E-state index contributed by atoms with van der Waals surface area (Å²) >= 11 is 0. The van der Waals surface area contributed by atoms with Gasteiger partial charge in [-0.15, -0.1) is 0 Å². The van der Waals surface area contributed by atoms with E-state index >= 15 is 0 Å². The van der Waals surface area contributed by atoms with E-state index < -0.39 is 34.7 Å². The Bertz CT molecular complexity index is 1360. The Morgan fingerprint density at radius 3 is 2.42 bits per heavy atom. The van der Waals surface area contributed by atoms with Crippen LogP contribution >= 0.6 is 0 Å². The van der Waals surface area contributed by atoms with Crippen molar-refractivity contribution in [2.45, 2.75) is 75.9 Å². The van der Waals surface area contributed by atoms with Gasteiger partial charge in [-0.25, -0.2) is 0 Å². The number of halogens is 3. The molecule has 4 aliphatic rings. The van der Waals surface area contributed by atoms with E-state index in [1.165, 1.54) is 17.0 Å². The Kier molecular flexibility index (Phi) is 6.49. The molecule has 1 spiro atoms. The smallest absolute Gasteiger partial charge is 0.383 e. The minimum atomic E-state index is -4.37. The molecule has 3 fully saturated rings. The number of hydrogen-bond donors (Lipinski definition) is 2. The summed E-state index contributed by atoms with van der Waals surface area (Å²) in [6, 6.07) is 7.90. The lowest BCUT2D eigenvalue weighted by Crippen LogP contribution is -2.57. The fraction of sp³-hybridized carbons (Fsp3) is 0.517. The van der Waals surface area contributed by atoms with Gasteiger partial charge in [-0.05, 0) is 55.5 Å². The SMILES string of the molecule is O=C1CC[C@H](N2Cc3nc([C@@]4(O)CCN(Cc5ccc(C(F)(F)F)cc5)CC45CCCC5)ccc3C2=O)C(=O)N1. The number of amides is 3. The predicted octanol–water partition coefficient (Wildman–Crippen LogP) is 3.52. The summed E-state index contributed by atoms with van der Waals surface area (Å²) in [6.07, 6.45) is -0.0172. The second kappa shape index (κ2) is 9.66. The van der Waals surface area contributed by atoms with Gasteiger partial charge in [0.05, 0.1) is 29.1 Å². The third-order valence-electron chi connectivity index (χ3n) is 9.24. The van der Waals surface area contributed by atoms with Crippen LogP contribution in [0.3, 0.4) is 0 Å². The van der Waals surface area contributed by atoms with Crippen LogP contribution in [0.25, 0.3) is 0 Å². The molecule has 11 heteroatoms. The Balaban J connectivity index is 1.22. The first-order valence-corrected chi connectivity index (χ1v) is 13.8. The number of carbonyl (C=O) groups is 3. The van der Waals surface area contributed by atoms with E-state index in [0.717, 1.165) is 43.4 Å². The van der Waals surface area contributed by atoms with Gasteiger partial charge >= 0.3 is 6.18 Å². The molecule has 1 aromatic heterocycles. The number of carbonyl (C=O) groups excluding carboxylic acids is 3. The van der Waals surface area contributed by atoms with E-state index in [1.807, 2.05) is 0 Å². The second-order valence-corrected chi connectivity index (χ2v) is 11.6. The van der Waals surface area contributed by atoms with Crippen molar-refractivity contribution in [3.05, 3.63) is 64.5 Å². The first-order chi connectivity index (χ1) is 19.0. The predicted molar refractivity (Wildman–Crippen MR) is 136 cm³/mol. The first-order valence-electron chi connectivity index (χ1n) is 13.8. The highest BCUT2D eigenvalue weighted by Gasteiger charge is 2.56. The van der Waals surface area contributed by atoms with Crippen molar-refractivity contribution in [1.29, 1.82) is 0 Å². The van der Waals surface area contributed by atoms with E-state index in [0.29, 0.717) is 43.0 Å². The van der Waals surface area contributed by atoms with Gasteiger partial charge < -0.3 is 10.0 Å². The van der Waals surface area contributed by atoms with Crippen LogP contribution in [-0.4, -0.2) is 56.7 Å². The topological polar surface area (TPSA) is 103 Å². The highest BCUT2D eigenvalue weighted by molar-refractivity contribution is 6.05. The highest BCUT2D eigenvalue weighted by Crippen LogP contribution is 2.55. The molecule has 2 N–H and O–H groups in total. The number of nitrogens with one attached hydrogen (secondary N) is 1. The lowest BCUT2D eigenvalue weighted by atomic mass is 9.64. The third kappa shape index (κ3) is 4.49. The molecular weight excluding hydrogens is 525 g/mol. The molecule has 1 saturated carbocycles. The van der Waals surface area contributed by atoms with Crippen LogP contribution in [0.4, 0.5) is 13.2 Å². The van der Waals surface area contributed by atoms with E-state index in [4.69, 9.17) is 4.98 Å². The molecule has 212 valence electrons. The maximum Gasteiger partial charge on any atom is 0.416 e. The number of pyridine rings is 1. The fourth-order valence-corrected chi connectivity index (χ4v) is 7.10. The molecule has 1 aliphatic carbocycles. The van der Waals surface area contributed by atoms with Crippen molar-refractivity contribution in [3.63, 3.8) is 0 Å². The molecule has 2 aromatic rings. The van der Waals surface area contributed by atoms with Crippen LogP contribution in [-0.2, 0) is 34.5 Å². The number of aliphatic hydroxyl groups is 1. The fourth-order valence-electron chi connectivity index (χ4n) is 7.10. The quantitative estimate of drug-likeness (QED) is 0.559. The summed E-state index contributed by atoms with van der Waals surface area (Å²) in [5.74, 6) is -1.14. The van der Waals surface area contributed by atoms with Gasteiger partial charge in [0.15, 0.2) is 0 Å². The average molecular weight is 557 g/mol. The number of fused-ring (bicyclic) bond motifs is 1. The zero-order valence-electron chi connectivity index (χ0n) is 22.0. The number of nitrogens with zero attached hydrogens (tertiary/aromatic N) is 3. The summed E-state index contributed by atoms with van der Waals surface area (Å²) in [4.78, 5) is 45.6. The van der Waals surface area contributed by atoms with Crippen LogP contribution < -0.4 is 5.32 Å². The van der Waals surface area contributed by atoms with Gasteiger partial charge in [0.1, 0.15) is 11.6 Å². The van der Waals surface area contributed by atoms with Gasteiger partial charge in [0.2, 0.25) is 11.8 Å². The maximum absolute atomic E-state index is 13.1. The van der Waals surface area contributed by atoms with E-state index in [2.05, 4.69) is 10.2 Å². The van der Waals surface area contributed by atoms with Crippen molar-refractivity contribution >= 4 is 17.7 Å². The van der Waals surface area contributed by atoms with Gasteiger partial charge in [-0.1, -0.05) is 25.0 Å². The van der Waals surface area contributed by atoms with Crippen LogP contribution in [0.2, 0.25) is 0 Å². The largest absolute Gasteiger partial charge is 0.416 e. The van der Waals surface area contributed by atoms with Crippen molar-refractivity contribution in [2.75, 3.05) is 13.1 Å². The number of alkyl halides is 3. The number of aromatic nitrogens is 1. The minimum absolute atomic E-state index is 0.136. The summed E-state index contributed by atoms with van der Waals surface area (Å²) in [5.41, 5.74) is -0.147. The highest BCUT2D eigenvalue weighted by atomic mass is 19.4. The van der Waals surface area contributed by atoms with Crippen molar-refractivity contribution in [2.24, 2.45) is 5.41 Å². The molecule has 0 unspecified atom stereocenters. The monoisotopic (exact) mass is 556 g/mol. The molecule has 1 aromatic carbocycles. The zero-order valence-corrected chi connectivity index (χ0v) is 22.0. The Morgan fingerprint density at radius 1 is 1.02 bits per heavy atom. The molecular formula is C29H31F3N4O4. The normalized spacial score (nSPS) is 26.9. The van der Waals surface area contributed by atoms with Crippen LogP contribution in [0.15, 0.2) is 36.4 Å². The summed E-state index contributed by atoms with van der Waals surface area (Å²) in [7, 11) is 0. The average Bonchev–Trinajstić information content (AvgIpc) is 3.51. The molecule has 8 nitrogen and oxygen atoms in total. The van der Waals surface area contributed by atoms with Gasteiger partial charge in [0, 0.05) is 31.5 Å². The number of piperidine rings is 2. The lowest BCUT2D eigenvalue weighted by Gasteiger charge is -2.52. The number of rotatable bonds is 4. The van der Waals surface area contributed by atoms with Crippen molar-refractivity contribution < 1.29 is 32.7 Å². The first kappa shape index (κ1) is 26.9. The molecule has 2 atom stereocenters. The zero-order chi connectivity index (χ0) is 28.3. The molecule has 40 heavy (non-hydrogen) atoms. The van der Waals surface area contributed by atoms with Crippen LogP contribution in [0.5, 0.6) is 0 Å². The van der Waals surface area contributed by atoms with Crippen molar-refractivity contribution in [3.8, 4) is 0 Å². The second-order valence-electron chi connectivity index (χ2n) is 11.6. The van der Waals surface area contributed by atoms with E-state index in [-0.39, 0.29) is 31.2 Å². The summed E-state index contributed by atoms with van der Waals surface area (Å²) in [5, 5.41) is 14.6. The Hall–Kier alpha value is -3.31. The standard InChI is InChI=1S/C29H31F3N4O4/c30-29(31,32)19-5-3-18(4-6-19)15-35-14-13-28(40,27(17-35)11-1-2-12-27)23-9-7-20-21(33-23)16-36(26(20)39)22-8-10-24(37)34-25(22)38/h3-7,9,22,40H,1-2,8,10-17H2,(H,34,37,38)/t22-,28-/m0/s1. The molecule has 3 amide bonds. The van der Waals surface area contributed by atoms with E-state index in [9.17, 15) is 32.7 Å². The molecule has 0 radical (unpaired) electrons. The molecule has 0 bridgehead atoms. The minimum Gasteiger partial charge on any atom is -0.383 e. The van der Waals surface area contributed by atoms with E-state index in [1.54, 1.807) is 12.1 Å². The summed E-state index contributed by atoms with van der Waals surface area (Å²) in [6.45, 7) is 1.75. The molecule has 4 heterocycles. The number of imide groups is 1. The van der Waals surface area contributed by atoms with Crippen LogP contribution in [0.1, 0.15) is 77.8 Å². The number of hydrogen-bond acceptors (Lipinski definition) is 6. The van der Waals surface area contributed by atoms with Gasteiger partial charge in [-0.3, -0.25) is 29.6 Å². The van der Waals surface area contributed by atoms with Crippen molar-refractivity contribution in [1.82, 2.24) is 20.1 Å². The number of benzene rings is 1. The van der Waals surface area contributed by atoms with Gasteiger partial charge in [-0.2, -0.15) is 13.2 Å². The summed E-state index contributed by atoms with van der Waals surface area (Å²) < 4.78 is 38.9.